The zero-order chi connectivity index (χ0) is 14.8. The van der Waals surface area contributed by atoms with E-state index in [0.29, 0.717) is 6.54 Å². The third kappa shape index (κ3) is 3.48. The molecule has 1 aromatic carbocycles. The molecule has 0 saturated heterocycles. The number of halogens is 1. The summed E-state index contributed by atoms with van der Waals surface area (Å²) in [5.41, 5.74) is 1.97. The minimum absolute atomic E-state index is 0.0633. The van der Waals surface area contributed by atoms with E-state index < -0.39 is 0 Å². The first-order valence-corrected chi connectivity index (χ1v) is 7.30. The summed E-state index contributed by atoms with van der Waals surface area (Å²) in [6.07, 6.45) is 0. The highest BCUT2D eigenvalue weighted by atomic mass is 32.1. The third-order valence-electron chi connectivity index (χ3n) is 2.92. The normalized spacial score (nSPS) is 11.4. The number of ether oxygens (including phenoxy) is 1. The fraction of sp³-hybridized carbons (Fsp3) is 0.400. The molecule has 1 heterocycles. The SMILES string of the molecule is COc1cc(NCc2nc(C(C)(C)C)cs2)ccc1F. The molecule has 2 aromatic rings. The average molecular weight is 294 g/mol. The molecule has 0 aliphatic rings. The van der Waals surface area contributed by atoms with Crippen molar-refractivity contribution in [3.8, 4) is 5.75 Å². The molecule has 3 nitrogen and oxygen atoms in total. The number of anilines is 1. The number of thiazole rings is 1. The number of hydrogen-bond donors (Lipinski definition) is 1. The largest absolute Gasteiger partial charge is 0.494 e. The Kier molecular flexibility index (Phi) is 4.28. The smallest absolute Gasteiger partial charge is 0.165 e. The van der Waals surface area contributed by atoms with E-state index in [1.807, 2.05) is 0 Å². The average Bonchev–Trinajstić information content (AvgIpc) is 2.86. The van der Waals surface area contributed by atoms with Crippen LogP contribution >= 0.6 is 11.3 Å². The van der Waals surface area contributed by atoms with Crippen LogP contribution in [0.5, 0.6) is 5.75 Å². The first-order chi connectivity index (χ1) is 9.40. The summed E-state index contributed by atoms with van der Waals surface area (Å²) in [5.74, 6) is -0.119. The van der Waals surface area contributed by atoms with Crippen molar-refractivity contribution in [3.63, 3.8) is 0 Å². The van der Waals surface area contributed by atoms with Gasteiger partial charge in [0.25, 0.3) is 0 Å². The molecule has 0 fully saturated rings. The maximum absolute atomic E-state index is 13.3. The van der Waals surface area contributed by atoms with Crippen LogP contribution in [0.1, 0.15) is 31.5 Å². The van der Waals surface area contributed by atoms with Crippen LogP contribution in [0.15, 0.2) is 23.6 Å². The summed E-state index contributed by atoms with van der Waals surface area (Å²) >= 11 is 1.63. The van der Waals surface area contributed by atoms with E-state index in [2.05, 4.69) is 36.5 Å². The van der Waals surface area contributed by atoms with Gasteiger partial charge in [-0.25, -0.2) is 9.37 Å². The van der Waals surface area contributed by atoms with Crippen LogP contribution in [0.25, 0.3) is 0 Å². The molecular weight excluding hydrogens is 275 g/mol. The fourth-order valence-corrected chi connectivity index (χ4v) is 2.64. The van der Waals surface area contributed by atoms with E-state index in [9.17, 15) is 4.39 Å². The van der Waals surface area contributed by atoms with Crippen LogP contribution in [-0.4, -0.2) is 12.1 Å². The lowest BCUT2D eigenvalue weighted by Gasteiger charge is -2.14. The highest BCUT2D eigenvalue weighted by Gasteiger charge is 2.17. The van der Waals surface area contributed by atoms with Gasteiger partial charge in [0.05, 0.1) is 19.3 Å². The lowest BCUT2D eigenvalue weighted by atomic mass is 9.93. The Morgan fingerprint density at radius 1 is 1.35 bits per heavy atom. The van der Waals surface area contributed by atoms with Crippen molar-refractivity contribution in [1.82, 2.24) is 4.98 Å². The topological polar surface area (TPSA) is 34.1 Å². The van der Waals surface area contributed by atoms with Crippen molar-refractivity contribution in [2.24, 2.45) is 0 Å². The van der Waals surface area contributed by atoms with Gasteiger partial charge in [-0.15, -0.1) is 11.3 Å². The Hall–Kier alpha value is -1.62. The predicted molar refractivity (Wildman–Crippen MR) is 81.1 cm³/mol. The van der Waals surface area contributed by atoms with Crippen molar-refractivity contribution < 1.29 is 9.13 Å². The highest BCUT2D eigenvalue weighted by Crippen LogP contribution is 2.25. The van der Waals surface area contributed by atoms with Gasteiger partial charge in [0.15, 0.2) is 11.6 Å². The maximum atomic E-state index is 13.3. The quantitative estimate of drug-likeness (QED) is 0.917. The first kappa shape index (κ1) is 14.8. The molecule has 2 rings (SSSR count). The molecule has 0 saturated carbocycles. The van der Waals surface area contributed by atoms with Gasteiger partial charge in [-0.2, -0.15) is 0 Å². The zero-order valence-electron chi connectivity index (χ0n) is 12.2. The van der Waals surface area contributed by atoms with E-state index in [4.69, 9.17) is 4.74 Å². The Morgan fingerprint density at radius 3 is 2.70 bits per heavy atom. The molecule has 1 N–H and O–H groups in total. The van der Waals surface area contributed by atoms with Crippen LogP contribution in [0.4, 0.5) is 10.1 Å². The van der Waals surface area contributed by atoms with Gasteiger partial charge in [0, 0.05) is 22.5 Å². The first-order valence-electron chi connectivity index (χ1n) is 6.42. The van der Waals surface area contributed by atoms with Crippen molar-refractivity contribution in [1.29, 1.82) is 0 Å². The van der Waals surface area contributed by atoms with Gasteiger partial charge in [-0.05, 0) is 12.1 Å². The second-order valence-electron chi connectivity index (χ2n) is 5.58. The van der Waals surface area contributed by atoms with Crippen LogP contribution in [0.3, 0.4) is 0 Å². The molecular formula is C15H19FN2OS. The summed E-state index contributed by atoms with van der Waals surface area (Å²) < 4.78 is 18.3. The lowest BCUT2D eigenvalue weighted by Crippen LogP contribution is -2.11. The number of rotatable bonds is 4. The monoisotopic (exact) mass is 294 g/mol. The second-order valence-corrected chi connectivity index (χ2v) is 6.52. The van der Waals surface area contributed by atoms with E-state index in [1.54, 1.807) is 23.5 Å². The maximum Gasteiger partial charge on any atom is 0.165 e. The van der Waals surface area contributed by atoms with E-state index in [0.717, 1.165) is 16.4 Å². The number of hydrogen-bond acceptors (Lipinski definition) is 4. The standard InChI is InChI=1S/C15H19FN2OS/c1-15(2,3)13-9-20-14(18-13)8-17-10-5-6-11(16)12(7-10)19-4/h5-7,9,17H,8H2,1-4H3. The van der Waals surface area contributed by atoms with Gasteiger partial charge in [-0.3, -0.25) is 0 Å². The molecule has 0 unspecified atom stereocenters. The van der Waals surface area contributed by atoms with Crippen molar-refractivity contribution in [2.75, 3.05) is 12.4 Å². The van der Waals surface area contributed by atoms with Crippen LogP contribution in [0, 0.1) is 5.82 Å². The molecule has 0 amide bonds. The van der Waals surface area contributed by atoms with Gasteiger partial charge in [-0.1, -0.05) is 20.8 Å². The molecule has 0 aliphatic carbocycles. The molecule has 0 atom stereocenters. The Balaban J connectivity index is 2.04. The van der Waals surface area contributed by atoms with Crippen molar-refractivity contribution >= 4 is 17.0 Å². The second kappa shape index (κ2) is 5.79. The lowest BCUT2D eigenvalue weighted by molar-refractivity contribution is 0.387. The van der Waals surface area contributed by atoms with E-state index >= 15 is 0 Å². The van der Waals surface area contributed by atoms with Crippen LogP contribution in [-0.2, 0) is 12.0 Å². The zero-order valence-corrected chi connectivity index (χ0v) is 13.0. The Morgan fingerprint density at radius 2 is 2.10 bits per heavy atom. The predicted octanol–water partition coefficient (Wildman–Crippen LogP) is 4.20. The van der Waals surface area contributed by atoms with Gasteiger partial charge in [0.2, 0.25) is 0 Å². The fourth-order valence-electron chi connectivity index (χ4n) is 1.68. The number of benzene rings is 1. The van der Waals surface area contributed by atoms with Gasteiger partial charge < -0.3 is 10.1 Å². The third-order valence-corrected chi connectivity index (χ3v) is 3.76. The highest BCUT2D eigenvalue weighted by molar-refractivity contribution is 7.09. The number of aromatic nitrogens is 1. The molecule has 0 radical (unpaired) electrons. The Bertz CT molecular complexity index is 590. The summed E-state index contributed by atoms with van der Waals surface area (Å²) in [6.45, 7) is 7.05. The minimum atomic E-state index is -0.359. The van der Waals surface area contributed by atoms with Crippen molar-refractivity contribution in [3.05, 3.63) is 40.1 Å². The molecule has 1 aromatic heterocycles. The van der Waals surface area contributed by atoms with E-state index in [1.165, 1.54) is 13.2 Å². The number of nitrogens with zero attached hydrogens (tertiary/aromatic N) is 1. The Labute approximate surface area is 122 Å². The van der Waals surface area contributed by atoms with Crippen molar-refractivity contribution in [2.45, 2.75) is 32.7 Å². The van der Waals surface area contributed by atoms with Gasteiger partial charge in [0.1, 0.15) is 5.01 Å². The minimum Gasteiger partial charge on any atom is -0.494 e. The number of methoxy groups -OCH3 is 1. The van der Waals surface area contributed by atoms with Crippen LogP contribution in [0.2, 0.25) is 0 Å². The molecule has 20 heavy (non-hydrogen) atoms. The molecule has 0 aliphatic heterocycles. The molecule has 0 spiro atoms. The summed E-state index contributed by atoms with van der Waals surface area (Å²) in [6, 6.07) is 4.73. The molecule has 108 valence electrons. The molecule has 0 bridgehead atoms. The number of nitrogens with one attached hydrogen (secondary N) is 1. The van der Waals surface area contributed by atoms with E-state index in [-0.39, 0.29) is 17.0 Å². The van der Waals surface area contributed by atoms with Gasteiger partial charge >= 0.3 is 0 Å². The summed E-state index contributed by atoms with van der Waals surface area (Å²) in [5, 5.41) is 6.33. The van der Waals surface area contributed by atoms with Crippen LogP contribution < -0.4 is 10.1 Å². The molecule has 5 heteroatoms. The summed E-state index contributed by atoms with van der Waals surface area (Å²) in [4.78, 5) is 4.61. The summed E-state index contributed by atoms with van der Waals surface area (Å²) in [7, 11) is 1.46.